The van der Waals surface area contributed by atoms with Crippen LogP contribution >= 0.6 is 11.6 Å². The summed E-state index contributed by atoms with van der Waals surface area (Å²) in [6.45, 7) is 3.74. The molecule has 1 aromatic carbocycles. The zero-order chi connectivity index (χ0) is 17.1. The largest absolute Gasteiger partial charge is 0.478 e. The van der Waals surface area contributed by atoms with Gasteiger partial charge in [-0.25, -0.2) is 4.39 Å². The van der Waals surface area contributed by atoms with Gasteiger partial charge in [0, 0.05) is 12.6 Å². The van der Waals surface area contributed by atoms with Crippen LogP contribution in [0.4, 0.5) is 4.39 Å². The summed E-state index contributed by atoms with van der Waals surface area (Å²) in [4.78, 5) is 4.75. The van der Waals surface area contributed by atoms with Crippen LogP contribution in [0, 0.1) is 12.7 Å². The lowest BCUT2D eigenvalue weighted by atomic mass is 10.0. The van der Waals surface area contributed by atoms with E-state index < -0.39 is 0 Å². The number of hydrogen-bond donors (Lipinski definition) is 0. The summed E-state index contributed by atoms with van der Waals surface area (Å²) in [5.74, 6) is -0.111. The summed E-state index contributed by atoms with van der Waals surface area (Å²) < 4.78 is 21.4. The molecule has 23 heavy (non-hydrogen) atoms. The van der Waals surface area contributed by atoms with E-state index in [0.29, 0.717) is 28.3 Å². The summed E-state index contributed by atoms with van der Waals surface area (Å²) >= 11 is 6.27. The summed E-state index contributed by atoms with van der Waals surface area (Å²) in [6.07, 6.45) is 0.559. The first-order chi connectivity index (χ1) is 10.9. The fraction of sp³-hybridized carbons (Fsp3) is 0.375. The van der Waals surface area contributed by atoms with E-state index >= 15 is 0 Å². The minimum atomic E-state index is -0.325. The van der Waals surface area contributed by atoms with Crippen LogP contribution < -0.4 is 0 Å². The fourth-order valence-electron chi connectivity index (χ4n) is 2.46. The van der Waals surface area contributed by atoms with Gasteiger partial charge in [0.15, 0.2) is 5.82 Å². The first-order valence-electron chi connectivity index (χ1n) is 7.11. The lowest BCUT2D eigenvalue weighted by Crippen LogP contribution is -2.06. The third-order valence-electron chi connectivity index (χ3n) is 3.60. The van der Waals surface area contributed by atoms with Crippen LogP contribution in [-0.2, 0) is 23.0 Å². The lowest BCUT2D eigenvalue weighted by molar-refractivity contribution is 0.200. The molecule has 0 saturated carbocycles. The van der Waals surface area contributed by atoms with Gasteiger partial charge in [0.25, 0.3) is 5.90 Å². The van der Waals surface area contributed by atoms with Crippen molar-refractivity contribution < 1.29 is 14.0 Å². The van der Waals surface area contributed by atoms with Crippen molar-refractivity contribution >= 4 is 17.5 Å². The van der Waals surface area contributed by atoms with E-state index in [1.165, 1.54) is 14.2 Å². The van der Waals surface area contributed by atoms with Gasteiger partial charge in [0.1, 0.15) is 12.8 Å². The molecule has 0 bridgehead atoms. The van der Waals surface area contributed by atoms with Crippen molar-refractivity contribution in [1.29, 1.82) is 0 Å². The molecule has 0 fully saturated rings. The van der Waals surface area contributed by atoms with Crippen LogP contribution in [0.15, 0.2) is 17.3 Å². The molecule has 124 valence electrons. The van der Waals surface area contributed by atoms with E-state index in [1.807, 2.05) is 13.8 Å². The Morgan fingerprint density at radius 2 is 2.09 bits per heavy atom. The Balaban J connectivity index is 2.67. The second kappa shape index (κ2) is 7.00. The standard InChI is InChI=1S/C16H19ClFN3O2/c1-6-13-14(18)15(19-21(13)3)10-8-11(12(17)7-9(10)2)16(22-4)20-23-5/h7-8H,6H2,1-5H3/b20-16-. The van der Waals surface area contributed by atoms with Crippen molar-refractivity contribution in [3.05, 3.63) is 39.8 Å². The van der Waals surface area contributed by atoms with Crippen molar-refractivity contribution in [2.45, 2.75) is 20.3 Å². The Bertz CT molecular complexity index is 756. The van der Waals surface area contributed by atoms with Crippen molar-refractivity contribution in [3.8, 4) is 11.3 Å². The van der Waals surface area contributed by atoms with Gasteiger partial charge in [-0.2, -0.15) is 5.10 Å². The SMILES string of the molecule is CCc1c(F)c(-c2cc(/C(=N/OC)OC)c(Cl)cc2C)nn1C. The minimum Gasteiger partial charge on any atom is -0.478 e. The second-order valence-corrected chi connectivity index (χ2v) is 5.42. The molecule has 0 radical (unpaired) electrons. The molecular formula is C16H19ClFN3O2. The lowest BCUT2D eigenvalue weighted by Gasteiger charge is -2.11. The smallest absolute Gasteiger partial charge is 0.258 e. The maximum absolute atomic E-state index is 14.6. The maximum atomic E-state index is 14.6. The minimum absolute atomic E-state index is 0.214. The van der Waals surface area contributed by atoms with Gasteiger partial charge in [0.05, 0.1) is 23.4 Å². The molecule has 0 amide bonds. The molecule has 5 nitrogen and oxygen atoms in total. The average Bonchev–Trinajstić information content (AvgIpc) is 2.79. The molecule has 0 saturated heterocycles. The number of nitrogens with zero attached hydrogens (tertiary/aromatic N) is 3. The highest BCUT2D eigenvalue weighted by molar-refractivity contribution is 6.34. The van der Waals surface area contributed by atoms with Gasteiger partial charge < -0.3 is 9.57 Å². The Morgan fingerprint density at radius 1 is 1.39 bits per heavy atom. The topological polar surface area (TPSA) is 48.6 Å². The Morgan fingerprint density at radius 3 is 2.61 bits per heavy atom. The Kier molecular flexibility index (Phi) is 5.26. The molecule has 0 aliphatic heterocycles. The van der Waals surface area contributed by atoms with Crippen molar-refractivity contribution in [3.63, 3.8) is 0 Å². The molecule has 7 heteroatoms. The Hall–Kier alpha value is -2.08. The highest BCUT2D eigenvalue weighted by Crippen LogP contribution is 2.31. The maximum Gasteiger partial charge on any atom is 0.258 e. The predicted octanol–water partition coefficient (Wildman–Crippen LogP) is 3.70. The number of ether oxygens (including phenoxy) is 1. The molecule has 0 aliphatic rings. The molecule has 0 atom stereocenters. The van der Waals surface area contributed by atoms with E-state index in [4.69, 9.17) is 21.2 Å². The molecule has 0 unspecified atom stereocenters. The summed E-state index contributed by atoms with van der Waals surface area (Å²) in [7, 11) is 4.60. The molecule has 0 spiro atoms. The zero-order valence-electron chi connectivity index (χ0n) is 13.8. The number of halogens is 2. The van der Waals surface area contributed by atoms with Crippen molar-refractivity contribution in [1.82, 2.24) is 9.78 Å². The van der Waals surface area contributed by atoms with E-state index in [2.05, 4.69) is 10.3 Å². The van der Waals surface area contributed by atoms with E-state index in [1.54, 1.807) is 23.9 Å². The molecule has 1 heterocycles. The van der Waals surface area contributed by atoms with E-state index in [-0.39, 0.29) is 17.4 Å². The molecule has 2 rings (SSSR count). The van der Waals surface area contributed by atoms with Gasteiger partial charge in [-0.1, -0.05) is 18.5 Å². The highest BCUT2D eigenvalue weighted by Gasteiger charge is 2.21. The van der Waals surface area contributed by atoms with Gasteiger partial charge in [-0.05, 0) is 36.2 Å². The fourth-order valence-corrected chi connectivity index (χ4v) is 2.76. The van der Waals surface area contributed by atoms with Gasteiger partial charge >= 0.3 is 0 Å². The van der Waals surface area contributed by atoms with Crippen molar-refractivity contribution in [2.75, 3.05) is 14.2 Å². The number of hydrogen-bond acceptors (Lipinski definition) is 4. The first kappa shape index (κ1) is 17.3. The van der Waals surface area contributed by atoms with Crippen LogP contribution in [-0.4, -0.2) is 29.9 Å². The van der Waals surface area contributed by atoms with E-state index in [0.717, 1.165) is 5.56 Å². The van der Waals surface area contributed by atoms with Crippen LogP contribution in [0.1, 0.15) is 23.7 Å². The van der Waals surface area contributed by atoms with Crippen LogP contribution in [0.2, 0.25) is 5.02 Å². The summed E-state index contributed by atoms with van der Waals surface area (Å²) in [5.41, 5.74) is 2.80. The Labute approximate surface area is 139 Å². The van der Waals surface area contributed by atoms with Gasteiger partial charge in [-0.15, -0.1) is 0 Å². The monoisotopic (exact) mass is 339 g/mol. The summed E-state index contributed by atoms with van der Waals surface area (Å²) in [5, 5.41) is 8.53. The molecule has 0 aliphatic carbocycles. The number of rotatable bonds is 4. The van der Waals surface area contributed by atoms with Gasteiger partial charge in [-0.3, -0.25) is 4.68 Å². The third-order valence-corrected chi connectivity index (χ3v) is 3.92. The predicted molar refractivity (Wildman–Crippen MR) is 88.3 cm³/mol. The van der Waals surface area contributed by atoms with Crippen LogP contribution in [0.5, 0.6) is 0 Å². The number of oxime groups is 1. The normalized spacial score (nSPS) is 11.7. The average molecular weight is 340 g/mol. The molecular weight excluding hydrogens is 321 g/mol. The van der Waals surface area contributed by atoms with Crippen molar-refractivity contribution in [2.24, 2.45) is 12.2 Å². The van der Waals surface area contributed by atoms with Crippen LogP contribution in [0.25, 0.3) is 11.3 Å². The van der Waals surface area contributed by atoms with Gasteiger partial charge in [0.2, 0.25) is 0 Å². The van der Waals surface area contributed by atoms with Crippen LogP contribution in [0.3, 0.4) is 0 Å². The number of benzene rings is 1. The molecule has 2 aromatic rings. The quantitative estimate of drug-likeness (QED) is 0.485. The number of aryl methyl sites for hydroxylation is 2. The zero-order valence-corrected chi connectivity index (χ0v) is 14.5. The second-order valence-electron chi connectivity index (χ2n) is 5.02. The highest BCUT2D eigenvalue weighted by atomic mass is 35.5. The first-order valence-corrected chi connectivity index (χ1v) is 7.49. The molecule has 0 N–H and O–H groups in total. The van der Waals surface area contributed by atoms with E-state index in [9.17, 15) is 4.39 Å². The number of aromatic nitrogens is 2. The molecule has 1 aromatic heterocycles. The third kappa shape index (κ3) is 3.17. The number of methoxy groups -OCH3 is 1. The summed E-state index contributed by atoms with van der Waals surface area (Å²) in [6, 6.07) is 3.44.